The van der Waals surface area contributed by atoms with E-state index >= 15 is 0 Å². The van der Waals surface area contributed by atoms with Crippen molar-refractivity contribution in [3.05, 3.63) is 11.6 Å². The fraction of sp³-hybridized carbons (Fsp3) is 0.500. The van der Waals surface area contributed by atoms with Gasteiger partial charge in [0.25, 0.3) is 0 Å². The summed E-state index contributed by atoms with van der Waals surface area (Å²) in [5.74, 6) is 0.201. The first-order valence-electron chi connectivity index (χ1n) is 3.85. The SMILES string of the molecule is [B]N1C(=O)/C(=C\C(C)C)CC1=S. The van der Waals surface area contributed by atoms with Crippen molar-refractivity contribution >= 4 is 31.1 Å². The Morgan fingerprint density at radius 3 is 2.58 bits per heavy atom. The van der Waals surface area contributed by atoms with Gasteiger partial charge in [-0.3, -0.25) is 4.79 Å². The Kier molecular flexibility index (Phi) is 2.67. The van der Waals surface area contributed by atoms with E-state index < -0.39 is 0 Å². The second-order valence-electron chi connectivity index (χ2n) is 3.18. The maximum absolute atomic E-state index is 11.3. The van der Waals surface area contributed by atoms with Crippen molar-refractivity contribution in [2.24, 2.45) is 5.92 Å². The molecular formula is C8H10BNOS. The zero-order chi connectivity index (χ0) is 9.30. The van der Waals surface area contributed by atoms with Gasteiger partial charge in [0, 0.05) is 12.0 Å². The molecule has 12 heavy (non-hydrogen) atoms. The summed E-state index contributed by atoms with van der Waals surface area (Å²) < 4.78 is 0. The third-order valence-electron chi connectivity index (χ3n) is 1.64. The van der Waals surface area contributed by atoms with Crippen molar-refractivity contribution in [1.29, 1.82) is 0 Å². The van der Waals surface area contributed by atoms with Crippen LogP contribution in [0.1, 0.15) is 20.3 Å². The summed E-state index contributed by atoms with van der Waals surface area (Å²) in [6.45, 7) is 4.03. The predicted molar refractivity (Wildman–Crippen MR) is 52.7 cm³/mol. The molecule has 0 aromatic heterocycles. The second-order valence-corrected chi connectivity index (χ2v) is 3.65. The highest BCUT2D eigenvalue weighted by Crippen LogP contribution is 2.19. The number of carbonyl (C=O) groups excluding carboxylic acids is 1. The number of rotatable bonds is 1. The Morgan fingerprint density at radius 1 is 1.67 bits per heavy atom. The Morgan fingerprint density at radius 2 is 2.25 bits per heavy atom. The third-order valence-corrected chi connectivity index (χ3v) is 1.98. The summed E-state index contributed by atoms with van der Waals surface area (Å²) >= 11 is 4.89. The molecule has 4 heteroatoms. The van der Waals surface area contributed by atoms with Crippen molar-refractivity contribution in [1.82, 2.24) is 4.81 Å². The van der Waals surface area contributed by atoms with Gasteiger partial charge in [-0.2, -0.15) is 0 Å². The summed E-state index contributed by atoms with van der Waals surface area (Å²) in [5.41, 5.74) is 0.720. The minimum Gasteiger partial charge on any atom is -0.360 e. The summed E-state index contributed by atoms with van der Waals surface area (Å²) in [4.78, 5) is 12.8. The molecule has 0 bridgehead atoms. The molecule has 1 fully saturated rings. The minimum absolute atomic E-state index is 0.159. The standard InChI is InChI=1S/C8H10BNOS/c1-5(2)3-6-4-7(12)10(9)8(6)11/h3,5H,4H2,1-2H3/b6-3-. The van der Waals surface area contributed by atoms with E-state index in [1.54, 1.807) is 0 Å². The molecule has 0 aliphatic carbocycles. The van der Waals surface area contributed by atoms with E-state index in [2.05, 4.69) is 0 Å². The lowest BCUT2D eigenvalue weighted by Gasteiger charge is -2.06. The highest BCUT2D eigenvalue weighted by molar-refractivity contribution is 7.80. The number of amides is 1. The Hall–Kier alpha value is -0.635. The molecule has 0 atom stereocenters. The van der Waals surface area contributed by atoms with Crippen LogP contribution in [-0.2, 0) is 4.79 Å². The molecule has 1 heterocycles. The largest absolute Gasteiger partial charge is 0.360 e. The zero-order valence-electron chi connectivity index (χ0n) is 7.20. The van der Waals surface area contributed by atoms with Crippen molar-refractivity contribution in [3.63, 3.8) is 0 Å². The number of thiocarbonyl (C=S) groups is 1. The molecule has 1 rings (SSSR count). The number of hydrogen-bond acceptors (Lipinski definition) is 2. The van der Waals surface area contributed by atoms with E-state index in [9.17, 15) is 4.79 Å². The average molecular weight is 179 g/mol. The quantitative estimate of drug-likeness (QED) is 0.342. The first-order valence-corrected chi connectivity index (χ1v) is 4.26. The molecule has 2 nitrogen and oxygen atoms in total. The molecule has 0 spiro atoms. The summed E-state index contributed by atoms with van der Waals surface area (Å²) in [6.07, 6.45) is 2.42. The van der Waals surface area contributed by atoms with E-state index in [0.29, 0.717) is 17.3 Å². The Labute approximate surface area is 79.1 Å². The van der Waals surface area contributed by atoms with E-state index in [-0.39, 0.29) is 5.91 Å². The fourth-order valence-electron chi connectivity index (χ4n) is 1.12. The second kappa shape index (κ2) is 3.39. The van der Waals surface area contributed by atoms with Gasteiger partial charge in [0.05, 0.1) is 4.99 Å². The van der Waals surface area contributed by atoms with Crippen molar-refractivity contribution < 1.29 is 4.79 Å². The maximum atomic E-state index is 11.3. The lowest BCUT2D eigenvalue weighted by atomic mass is 10.1. The predicted octanol–water partition coefficient (Wildman–Crippen LogP) is 1.21. The van der Waals surface area contributed by atoms with Crippen LogP contribution in [0.4, 0.5) is 0 Å². The number of allylic oxidation sites excluding steroid dienone is 1. The highest BCUT2D eigenvalue weighted by Gasteiger charge is 2.26. The maximum Gasteiger partial charge on any atom is 0.241 e. The van der Waals surface area contributed by atoms with Gasteiger partial charge < -0.3 is 4.81 Å². The Bertz CT molecular complexity index is 260. The fourth-order valence-corrected chi connectivity index (χ4v) is 1.36. The monoisotopic (exact) mass is 179 g/mol. The van der Waals surface area contributed by atoms with Crippen LogP contribution in [0.25, 0.3) is 0 Å². The Balaban J connectivity index is 2.85. The molecule has 2 radical (unpaired) electrons. The van der Waals surface area contributed by atoms with Gasteiger partial charge in [-0.1, -0.05) is 32.1 Å². The van der Waals surface area contributed by atoms with Gasteiger partial charge in [0.15, 0.2) is 0 Å². The molecule has 0 unspecified atom stereocenters. The molecule has 0 aromatic carbocycles. The normalized spacial score (nSPS) is 21.6. The van der Waals surface area contributed by atoms with Crippen molar-refractivity contribution in [3.8, 4) is 0 Å². The van der Waals surface area contributed by atoms with Gasteiger partial charge >= 0.3 is 0 Å². The van der Waals surface area contributed by atoms with Crippen molar-refractivity contribution in [2.45, 2.75) is 20.3 Å². The van der Waals surface area contributed by atoms with Gasteiger partial charge in [0.1, 0.15) is 0 Å². The van der Waals surface area contributed by atoms with Crippen LogP contribution in [0.5, 0.6) is 0 Å². The van der Waals surface area contributed by atoms with Crippen LogP contribution in [0, 0.1) is 5.92 Å². The van der Waals surface area contributed by atoms with Crippen LogP contribution in [0.3, 0.4) is 0 Å². The number of hydrogen-bond donors (Lipinski definition) is 0. The molecule has 0 saturated carbocycles. The zero-order valence-corrected chi connectivity index (χ0v) is 8.02. The van der Waals surface area contributed by atoms with Gasteiger partial charge in [-0.05, 0) is 5.92 Å². The van der Waals surface area contributed by atoms with Crippen LogP contribution in [0.2, 0.25) is 0 Å². The highest BCUT2D eigenvalue weighted by atomic mass is 32.1. The average Bonchev–Trinajstić information content (AvgIpc) is 2.17. The molecule has 1 amide bonds. The first-order chi connectivity index (χ1) is 5.52. The molecule has 1 saturated heterocycles. The van der Waals surface area contributed by atoms with E-state index in [4.69, 9.17) is 20.2 Å². The molecular weight excluding hydrogens is 169 g/mol. The molecule has 0 aromatic rings. The van der Waals surface area contributed by atoms with Crippen LogP contribution < -0.4 is 0 Å². The summed E-state index contributed by atoms with van der Waals surface area (Å²) in [7, 11) is 5.39. The van der Waals surface area contributed by atoms with E-state index in [0.717, 1.165) is 10.4 Å². The van der Waals surface area contributed by atoms with Crippen LogP contribution >= 0.6 is 12.2 Å². The van der Waals surface area contributed by atoms with Crippen molar-refractivity contribution in [2.75, 3.05) is 0 Å². The smallest absolute Gasteiger partial charge is 0.241 e. The van der Waals surface area contributed by atoms with Gasteiger partial charge in [0.2, 0.25) is 13.9 Å². The minimum atomic E-state index is -0.159. The molecule has 62 valence electrons. The molecule has 1 aliphatic heterocycles. The lowest BCUT2D eigenvalue weighted by molar-refractivity contribution is -0.119. The lowest BCUT2D eigenvalue weighted by Crippen LogP contribution is -2.24. The number of nitrogens with zero attached hydrogens (tertiary/aromatic N) is 1. The summed E-state index contributed by atoms with van der Waals surface area (Å²) in [5, 5.41) is 0. The van der Waals surface area contributed by atoms with E-state index in [1.807, 2.05) is 19.9 Å². The number of carbonyl (C=O) groups is 1. The van der Waals surface area contributed by atoms with Crippen LogP contribution in [-0.4, -0.2) is 23.7 Å². The van der Waals surface area contributed by atoms with Crippen LogP contribution in [0.15, 0.2) is 11.6 Å². The first kappa shape index (κ1) is 9.45. The van der Waals surface area contributed by atoms with Gasteiger partial charge in [-0.25, -0.2) is 0 Å². The van der Waals surface area contributed by atoms with Gasteiger partial charge in [-0.15, -0.1) is 0 Å². The molecule has 0 N–H and O–H groups in total. The van der Waals surface area contributed by atoms with E-state index in [1.165, 1.54) is 0 Å². The third kappa shape index (κ3) is 1.75. The topological polar surface area (TPSA) is 20.3 Å². The molecule has 1 aliphatic rings. The summed E-state index contributed by atoms with van der Waals surface area (Å²) in [6, 6.07) is 0.